The van der Waals surface area contributed by atoms with E-state index in [1.165, 1.54) is 12.1 Å². The number of hydrogen-bond donors (Lipinski definition) is 1. The maximum Gasteiger partial charge on any atom is 0.331 e. The van der Waals surface area contributed by atoms with Crippen LogP contribution in [0.1, 0.15) is 6.92 Å². The van der Waals surface area contributed by atoms with Crippen molar-refractivity contribution in [3.8, 4) is 0 Å². The Balaban J connectivity index is 2.31. The van der Waals surface area contributed by atoms with Crippen molar-refractivity contribution in [1.82, 2.24) is 4.57 Å². The molecule has 0 bridgehead atoms. The normalized spacial score (nSPS) is 12.0. The van der Waals surface area contributed by atoms with Crippen LogP contribution in [0.25, 0.3) is 10.9 Å². The number of aromatic nitrogens is 1. The van der Waals surface area contributed by atoms with Gasteiger partial charge in [-0.25, -0.2) is 9.18 Å². The molecule has 0 spiro atoms. The molecule has 0 amide bonds. The van der Waals surface area contributed by atoms with Crippen molar-refractivity contribution in [1.29, 1.82) is 0 Å². The summed E-state index contributed by atoms with van der Waals surface area (Å²) in [6.45, 7) is 2.01. The average Bonchev–Trinajstić information content (AvgIpc) is 2.67. The number of allylic oxidation sites excluding steroid dienone is 1. The molecule has 0 aliphatic heterocycles. The van der Waals surface area contributed by atoms with Crippen LogP contribution in [0.4, 0.5) is 4.39 Å². The fraction of sp³-hybridized carbons (Fsp3) is 0.154. The summed E-state index contributed by atoms with van der Waals surface area (Å²) in [5.41, 5.74) is 1.19. The standard InChI is InChI=1S/C13H12FNO2/c1-9(13(16)17)4-6-15-7-5-10-8-11(14)2-3-12(10)15/h2-5,7-8H,6H2,1H3,(H,16,17). The number of aliphatic carboxylic acids is 1. The molecular formula is C13H12FNO2. The van der Waals surface area contributed by atoms with Gasteiger partial charge < -0.3 is 9.67 Å². The summed E-state index contributed by atoms with van der Waals surface area (Å²) in [4.78, 5) is 10.6. The lowest BCUT2D eigenvalue weighted by atomic mass is 10.2. The van der Waals surface area contributed by atoms with Gasteiger partial charge in [-0.05, 0) is 31.2 Å². The van der Waals surface area contributed by atoms with Gasteiger partial charge in [-0.2, -0.15) is 0 Å². The smallest absolute Gasteiger partial charge is 0.331 e. The van der Waals surface area contributed by atoms with Crippen molar-refractivity contribution in [3.63, 3.8) is 0 Å². The molecule has 3 nitrogen and oxygen atoms in total. The molecule has 0 radical (unpaired) electrons. The topological polar surface area (TPSA) is 42.2 Å². The quantitative estimate of drug-likeness (QED) is 0.828. The molecule has 1 N–H and O–H groups in total. The molecule has 1 heterocycles. The molecule has 0 aliphatic rings. The van der Waals surface area contributed by atoms with Crippen LogP contribution < -0.4 is 0 Å². The highest BCUT2D eigenvalue weighted by molar-refractivity contribution is 5.85. The maximum atomic E-state index is 13.0. The first-order valence-electron chi connectivity index (χ1n) is 5.22. The van der Waals surface area contributed by atoms with Gasteiger partial charge in [0.15, 0.2) is 0 Å². The second-order valence-corrected chi connectivity index (χ2v) is 3.86. The fourth-order valence-electron chi connectivity index (χ4n) is 1.65. The predicted molar refractivity (Wildman–Crippen MR) is 63.3 cm³/mol. The highest BCUT2D eigenvalue weighted by atomic mass is 19.1. The van der Waals surface area contributed by atoms with Gasteiger partial charge in [0.1, 0.15) is 5.82 Å². The summed E-state index contributed by atoms with van der Waals surface area (Å²) in [5, 5.41) is 9.54. The molecule has 2 aromatic rings. The van der Waals surface area contributed by atoms with Crippen LogP contribution in [0, 0.1) is 5.82 Å². The molecule has 0 fully saturated rings. The van der Waals surface area contributed by atoms with E-state index >= 15 is 0 Å². The van der Waals surface area contributed by atoms with E-state index in [1.807, 2.05) is 16.8 Å². The van der Waals surface area contributed by atoms with E-state index in [0.717, 1.165) is 10.9 Å². The van der Waals surface area contributed by atoms with Crippen molar-refractivity contribution in [2.75, 3.05) is 0 Å². The molecule has 17 heavy (non-hydrogen) atoms. The van der Waals surface area contributed by atoms with Crippen LogP contribution in [0.15, 0.2) is 42.1 Å². The highest BCUT2D eigenvalue weighted by Crippen LogP contribution is 2.17. The third kappa shape index (κ3) is 2.36. The number of benzene rings is 1. The first-order chi connectivity index (χ1) is 8.08. The third-order valence-corrected chi connectivity index (χ3v) is 2.66. The van der Waals surface area contributed by atoms with Crippen LogP contribution in [0.2, 0.25) is 0 Å². The second kappa shape index (κ2) is 4.41. The number of rotatable bonds is 3. The molecule has 1 aromatic carbocycles. The lowest BCUT2D eigenvalue weighted by Gasteiger charge is -2.02. The molecule has 0 atom stereocenters. The number of carboxylic acids is 1. The van der Waals surface area contributed by atoms with Crippen molar-refractivity contribution < 1.29 is 14.3 Å². The number of hydrogen-bond acceptors (Lipinski definition) is 1. The fourth-order valence-corrected chi connectivity index (χ4v) is 1.65. The summed E-state index contributed by atoms with van der Waals surface area (Å²) >= 11 is 0. The van der Waals surface area contributed by atoms with Gasteiger partial charge in [0.25, 0.3) is 0 Å². The number of nitrogens with zero attached hydrogens (tertiary/aromatic N) is 1. The second-order valence-electron chi connectivity index (χ2n) is 3.86. The lowest BCUT2D eigenvalue weighted by molar-refractivity contribution is -0.132. The summed E-state index contributed by atoms with van der Waals surface area (Å²) in [6.07, 6.45) is 3.45. The molecule has 2 rings (SSSR count). The largest absolute Gasteiger partial charge is 0.478 e. The van der Waals surface area contributed by atoms with Crippen molar-refractivity contribution in [3.05, 3.63) is 47.9 Å². The van der Waals surface area contributed by atoms with Crippen molar-refractivity contribution in [2.45, 2.75) is 13.5 Å². The monoisotopic (exact) mass is 233 g/mol. The van der Waals surface area contributed by atoms with E-state index in [-0.39, 0.29) is 5.82 Å². The predicted octanol–water partition coefficient (Wildman–Crippen LogP) is 2.81. The van der Waals surface area contributed by atoms with E-state index in [2.05, 4.69) is 0 Å². The maximum absolute atomic E-state index is 13.0. The van der Waals surface area contributed by atoms with Crippen LogP contribution in [-0.4, -0.2) is 15.6 Å². The first-order valence-corrected chi connectivity index (χ1v) is 5.22. The Bertz CT molecular complexity index is 598. The average molecular weight is 233 g/mol. The third-order valence-electron chi connectivity index (χ3n) is 2.66. The Kier molecular flexibility index (Phi) is 2.95. The molecule has 0 saturated carbocycles. The Labute approximate surface area is 97.8 Å². The number of carboxylic acid groups (broad SMARTS) is 1. The Hall–Kier alpha value is -2.10. The lowest BCUT2D eigenvalue weighted by Crippen LogP contribution is -1.99. The summed E-state index contributed by atoms with van der Waals surface area (Å²) < 4.78 is 14.8. The summed E-state index contributed by atoms with van der Waals surface area (Å²) in [6, 6.07) is 6.35. The molecule has 88 valence electrons. The van der Waals surface area contributed by atoms with Crippen molar-refractivity contribution in [2.24, 2.45) is 0 Å². The summed E-state index contributed by atoms with van der Waals surface area (Å²) in [7, 11) is 0. The Morgan fingerprint density at radius 2 is 2.24 bits per heavy atom. The number of fused-ring (bicyclic) bond motifs is 1. The van der Waals surface area contributed by atoms with Gasteiger partial charge in [0.05, 0.1) is 0 Å². The van der Waals surface area contributed by atoms with Gasteiger partial charge in [0, 0.05) is 29.2 Å². The summed E-state index contributed by atoms with van der Waals surface area (Å²) in [5.74, 6) is -1.19. The molecule has 0 unspecified atom stereocenters. The molecule has 1 aromatic heterocycles. The first kappa shape index (κ1) is 11.4. The minimum Gasteiger partial charge on any atom is -0.478 e. The van der Waals surface area contributed by atoms with Crippen LogP contribution in [0.3, 0.4) is 0 Å². The Morgan fingerprint density at radius 1 is 1.47 bits per heavy atom. The minimum atomic E-state index is -0.924. The zero-order chi connectivity index (χ0) is 12.4. The molecule has 0 aliphatic carbocycles. The van der Waals surface area contributed by atoms with Crippen LogP contribution in [0.5, 0.6) is 0 Å². The zero-order valence-corrected chi connectivity index (χ0v) is 9.35. The van der Waals surface area contributed by atoms with Gasteiger partial charge >= 0.3 is 5.97 Å². The van der Waals surface area contributed by atoms with Gasteiger partial charge in [-0.3, -0.25) is 0 Å². The van der Waals surface area contributed by atoms with Crippen molar-refractivity contribution >= 4 is 16.9 Å². The van der Waals surface area contributed by atoms with Gasteiger partial charge in [-0.1, -0.05) is 6.08 Å². The number of halogens is 1. The van der Waals surface area contributed by atoms with E-state index in [4.69, 9.17) is 5.11 Å². The Morgan fingerprint density at radius 3 is 2.94 bits per heavy atom. The van der Waals surface area contributed by atoms with E-state index in [0.29, 0.717) is 12.1 Å². The van der Waals surface area contributed by atoms with E-state index in [1.54, 1.807) is 19.1 Å². The van der Waals surface area contributed by atoms with Crippen LogP contribution in [-0.2, 0) is 11.3 Å². The van der Waals surface area contributed by atoms with E-state index in [9.17, 15) is 9.18 Å². The molecular weight excluding hydrogens is 221 g/mol. The van der Waals surface area contributed by atoms with E-state index < -0.39 is 5.97 Å². The van der Waals surface area contributed by atoms with Gasteiger partial charge in [0.2, 0.25) is 0 Å². The minimum absolute atomic E-state index is 0.271. The SMILES string of the molecule is CC(=CCn1ccc2cc(F)ccc21)C(=O)O. The van der Waals surface area contributed by atoms with Crippen LogP contribution >= 0.6 is 0 Å². The number of carbonyl (C=O) groups is 1. The van der Waals surface area contributed by atoms with Gasteiger partial charge in [-0.15, -0.1) is 0 Å². The highest BCUT2D eigenvalue weighted by Gasteiger charge is 2.02. The molecule has 0 saturated heterocycles. The molecule has 4 heteroatoms. The zero-order valence-electron chi connectivity index (χ0n) is 9.35.